The molecule has 0 spiro atoms. The largest absolute Gasteiger partial charge is 0.456 e. The molecule has 1 aromatic rings. The lowest BCUT2D eigenvalue weighted by Crippen LogP contribution is -2.59. The molecule has 154 valence electrons. The number of methoxy groups -OCH3 is 1. The highest BCUT2D eigenvalue weighted by molar-refractivity contribution is 5.94. The zero-order chi connectivity index (χ0) is 20.4. The van der Waals surface area contributed by atoms with Crippen LogP contribution in [0.25, 0.3) is 0 Å². The fourth-order valence-electron chi connectivity index (χ4n) is 6.36. The second-order valence-electron chi connectivity index (χ2n) is 9.64. The molecular weight excluding hydrogens is 368 g/mol. The lowest BCUT2D eigenvalue weighted by Gasteiger charge is -2.58. The summed E-state index contributed by atoms with van der Waals surface area (Å²) < 4.78 is 18.4. The highest BCUT2D eigenvalue weighted by atomic mass is 16.7. The summed E-state index contributed by atoms with van der Waals surface area (Å²) in [5.41, 5.74) is 1.49. The number of allylic oxidation sites excluding steroid dienone is 2. The van der Waals surface area contributed by atoms with Gasteiger partial charge in [-0.25, -0.2) is 4.79 Å². The van der Waals surface area contributed by atoms with Crippen LogP contribution in [0.15, 0.2) is 42.0 Å². The molecule has 5 rings (SSSR count). The van der Waals surface area contributed by atoms with Crippen molar-refractivity contribution in [3.8, 4) is 0 Å². The molecular formula is C24H28O5. The molecule has 2 aliphatic heterocycles. The summed E-state index contributed by atoms with van der Waals surface area (Å²) in [4.78, 5) is 25.0. The highest BCUT2D eigenvalue weighted by Gasteiger charge is 2.69. The molecule has 0 aromatic heterocycles. The van der Waals surface area contributed by atoms with Gasteiger partial charge < -0.3 is 14.2 Å². The van der Waals surface area contributed by atoms with Gasteiger partial charge in [-0.2, -0.15) is 0 Å². The fourth-order valence-corrected chi connectivity index (χ4v) is 6.36. The maximum Gasteiger partial charge on any atom is 0.338 e. The number of hydrogen-bond acceptors (Lipinski definition) is 5. The van der Waals surface area contributed by atoms with Gasteiger partial charge in [-0.3, -0.25) is 4.79 Å². The molecule has 5 nitrogen and oxygen atoms in total. The lowest BCUT2D eigenvalue weighted by atomic mass is 9.53. The molecule has 0 N–H and O–H groups in total. The SMILES string of the molecule is CO[C@@]12C[C@H](OC(=O)c3ccccc3)[C@@H](C[C@@H]3C4=CC(=O)C[C@]4(C)CC[C@]31C)O2. The van der Waals surface area contributed by atoms with Crippen LogP contribution in [0.3, 0.4) is 0 Å². The molecule has 2 aliphatic carbocycles. The van der Waals surface area contributed by atoms with Gasteiger partial charge in [0.15, 0.2) is 11.6 Å². The number of benzene rings is 1. The van der Waals surface area contributed by atoms with Gasteiger partial charge in [-0.05, 0) is 48.8 Å². The van der Waals surface area contributed by atoms with Crippen LogP contribution in [-0.4, -0.2) is 36.9 Å². The van der Waals surface area contributed by atoms with Crippen molar-refractivity contribution >= 4 is 11.8 Å². The Labute approximate surface area is 171 Å². The number of carbonyl (C=O) groups excluding carboxylic acids is 2. The number of esters is 1. The van der Waals surface area contributed by atoms with Crippen molar-refractivity contribution in [3.63, 3.8) is 0 Å². The Morgan fingerprint density at radius 1 is 1.17 bits per heavy atom. The average Bonchev–Trinajstić information content (AvgIpc) is 3.20. The maximum atomic E-state index is 12.7. The monoisotopic (exact) mass is 396 g/mol. The van der Waals surface area contributed by atoms with E-state index in [9.17, 15) is 9.59 Å². The zero-order valence-electron chi connectivity index (χ0n) is 17.3. The molecule has 5 heteroatoms. The third-order valence-corrected chi connectivity index (χ3v) is 8.08. The van der Waals surface area contributed by atoms with Gasteiger partial charge in [0.05, 0.1) is 11.7 Å². The van der Waals surface area contributed by atoms with Crippen LogP contribution in [0.4, 0.5) is 0 Å². The zero-order valence-corrected chi connectivity index (χ0v) is 17.3. The fraction of sp³-hybridized carbons (Fsp3) is 0.583. The lowest BCUT2D eigenvalue weighted by molar-refractivity contribution is -0.316. The molecule has 4 aliphatic rings. The van der Waals surface area contributed by atoms with E-state index < -0.39 is 5.79 Å². The van der Waals surface area contributed by atoms with Gasteiger partial charge in [-0.15, -0.1) is 0 Å². The number of fused-ring (bicyclic) bond motifs is 6. The molecule has 2 saturated heterocycles. The number of rotatable bonds is 3. The minimum Gasteiger partial charge on any atom is -0.456 e. The molecule has 2 bridgehead atoms. The van der Waals surface area contributed by atoms with E-state index in [2.05, 4.69) is 13.8 Å². The number of hydrogen-bond donors (Lipinski definition) is 0. The van der Waals surface area contributed by atoms with Crippen LogP contribution in [-0.2, 0) is 19.0 Å². The van der Waals surface area contributed by atoms with Crippen LogP contribution >= 0.6 is 0 Å². The minimum absolute atomic E-state index is 0.0524. The predicted octanol–water partition coefficient (Wildman–Crippen LogP) is 4.07. The third kappa shape index (κ3) is 2.60. The molecule has 2 heterocycles. The quantitative estimate of drug-likeness (QED) is 0.721. The van der Waals surface area contributed by atoms with Gasteiger partial charge in [0.1, 0.15) is 6.10 Å². The van der Waals surface area contributed by atoms with Crippen LogP contribution in [0.2, 0.25) is 0 Å². The second kappa shape index (κ2) is 6.26. The van der Waals surface area contributed by atoms with E-state index >= 15 is 0 Å². The van der Waals surface area contributed by atoms with E-state index in [1.807, 2.05) is 24.3 Å². The highest BCUT2D eigenvalue weighted by Crippen LogP contribution is 2.67. The van der Waals surface area contributed by atoms with E-state index in [0.717, 1.165) is 19.3 Å². The Balaban J connectivity index is 1.47. The van der Waals surface area contributed by atoms with Crippen LogP contribution in [0.5, 0.6) is 0 Å². The van der Waals surface area contributed by atoms with Gasteiger partial charge in [0, 0.05) is 25.4 Å². The van der Waals surface area contributed by atoms with Gasteiger partial charge in [0.25, 0.3) is 0 Å². The smallest absolute Gasteiger partial charge is 0.338 e. The molecule has 0 unspecified atom stereocenters. The van der Waals surface area contributed by atoms with Gasteiger partial charge >= 0.3 is 5.97 Å². The van der Waals surface area contributed by atoms with E-state index in [1.165, 1.54) is 5.57 Å². The van der Waals surface area contributed by atoms with Crippen LogP contribution in [0, 0.1) is 16.7 Å². The maximum absolute atomic E-state index is 12.7. The van der Waals surface area contributed by atoms with Crippen molar-refractivity contribution in [1.29, 1.82) is 0 Å². The molecule has 6 atom stereocenters. The summed E-state index contributed by atoms with van der Waals surface area (Å²) in [7, 11) is 1.69. The summed E-state index contributed by atoms with van der Waals surface area (Å²) in [5.74, 6) is -0.696. The average molecular weight is 396 g/mol. The van der Waals surface area contributed by atoms with Crippen molar-refractivity contribution in [2.45, 2.75) is 63.9 Å². The molecule has 29 heavy (non-hydrogen) atoms. The van der Waals surface area contributed by atoms with Gasteiger partial charge in [-0.1, -0.05) is 37.6 Å². The van der Waals surface area contributed by atoms with Crippen molar-refractivity contribution in [3.05, 3.63) is 47.5 Å². The second-order valence-corrected chi connectivity index (χ2v) is 9.64. The van der Waals surface area contributed by atoms with Crippen molar-refractivity contribution in [1.82, 2.24) is 0 Å². The number of ketones is 1. The van der Waals surface area contributed by atoms with E-state index in [4.69, 9.17) is 14.2 Å². The Kier molecular flexibility index (Phi) is 4.10. The Bertz CT molecular complexity index is 892. The minimum atomic E-state index is -0.796. The Hall–Kier alpha value is -1.98. The topological polar surface area (TPSA) is 61.8 Å². The molecule has 1 aromatic carbocycles. The summed E-state index contributed by atoms with van der Waals surface area (Å²) in [6, 6.07) is 9.06. The Morgan fingerprint density at radius 3 is 2.66 bits per heavy atom. The van der Waals surface area contributed by atoms with Gasteiger partial charge in [0.2, 0.25) is 0 Å². The van der Waals surface area contributed by atoms with Crippen molar-refractivity contribution in [2.75, 3.05) is 7.11 Å². The first-order valence-corrected chi connectivity index (χ1v) is 10.5. The van der Waals surface area contributed by atoms with E-state index in [0.29, 0.717) is 18.4 Å². The Morgan fingerprint density at radius 2 is 1.93 bits per heavy atom. The first-order chi connectivity index (χ1) is 13.8. The summed E-state index contributed by atoms with van der Waals surface area (Å²) in [5, 5.41) is 0. The van der Waals surface area contributed by atoms with E-state index in [1.54, 1.807) is 19.2 Å². The summed E-state index contributed by atoms with van der Waals surface area (Å²) in [6.07, 6.45) is 5.06. The van der Waals surface area contributed by atoms with Crippen LogP contribution in [0.1, 0.15) is 56.3 Å². The molecule has 1 saturated carbocycles. The van der Waals surface area contributed by atoms with Crippen molar-refractivity contribution in [2.24, 2.45) is 16.7 Å². The summed E-state index contributed by atoms with van der Waals surface area (Å²) >= 11 is 0. The predicted molar refractivity (Wildman–Crippen MR) is 106 cm³/mol. The molecule has 3 fully saturated rings. The number of ether oxygens (including phenoxy) is 3. The first-order valence-electron chi connectivity index (χ1n) is 10.5. The molecule has 0 radical (unpaired) electrons. The standard InChI is InChI=1S/C24H28O5/c1-22-9-10-23(2)18(17(22)11-16(25)13-22)12-19-20(14-24(23,27-3)29-19)28-21(26)15-7-5-4-6-8-15/h4-8,11,18-20H,9-10,12-14H2,1-3H3/t18-,19-,20+,22+,23-,24-/m1/s1. The summed E-state index contributed by atoms with van der Waals surface area (Å²) in [6.45, 7) is 4.44. The number of carbonyl (C=O) groups is 2. The van der Waals surface area contributed by atoms with E-state index in [-0.39, 0.29) is 40.7 Å². The third-order valence-electron chi connectivity index (χ3n) is 8.08. The normalized spacial score (nSPS) is 42.8. The first kappa shape index (κ1) is 19.0. The molecule has 0 amide bonds. The van der Waals surface area contributed by atoms with Crippen molar-refractivity contribution < 1.29 is 23.8 Å². The van der Waals surface area contributed by atoms with Crippen LogP contribution < -0.4 is 0 Å².